The summed E-state index contributed by atoms with van der Waals surface area (Å²) in [6, 6.07) is 9.61. The van der Waals surface area contributed by atoms with Gasteiger partial charge in [0, 0.05) is 0 Å². The minimum Gasteiger partial charge on any atom is -0.492 e. The zero-order valence-electron chi connectivity index (χ0n) is 6.38. The molecule has 2 heteroatoms. The summed E-state index contributed by atoms with van der Waals surface area (Å²) in [5, 5.41) is 0.758. The van der Waals surface area contributed by atoms with E-state index >= 15 is 0 Å². The maximum atomic E-state index is 5.62. The van der Waals surface area contributed by atoms with Crippen molar-refractivity contribution in [2.45, 2.75) is 6.92 Å². The van der Waals surface area contributed by atoms with E-state index in [9.17, 15) is 0 Å². The molecule has 0 N–H and O–H groups in total. The molecule has 0 spiro atoms. The fraction of sp³-hybridized carbons (Fsp3) is 0.222. The molecule has 1 aromatic carbocycles. The SMILES string of the molecule is C[C](Cl)COc1ccccc1. The number of para-hydroxylation sites is 1. The van der Waals surface area contributed by atoms with E-state index in [1.54, 1.807) is 0 Å². The van der Waals surface area contributed by atoms with Crippen molar-refractivity contribution in [3.63, 3.8) is 0 Å². The first-order chi connectivity index (χ1) is 5.29. The number of halogens is 1. The van der Waals surface area contributed by atoms with Crippen LogP contribution in [0.5, 0.6) is 5.75 Å². The maximum absolute atomic E-state index is 5.62. The number of hydrogen-bond acceptors (Lipinski definition) is 1. The van der Waals surface area contributed by atoms with E-state index in [4.69, 9.17) is 16.3 Å². The lowest BCUT2D eigenvalue weighted by molar-refractivity contribution is 0.343. The normalized spacial score (nSPS) is 10.1. The third-order valence-corrected chi connectivity index (χ3v) is 1.29. The van der Waals surface area contributed by atoms with Gasteiger partial charge >= 0.3 is 0 Å². The molecule has 11 heavy (non-hydrogen) atoms. The Morgan fingerprint density at radius 2 is 2.00 bits per heavy atom. The van der Waals surface area contributed by atoms with Crippen molar-refractivity contribution in [2.24, 2.45) is 0 Å². The largest absolute Gasteiger partial charge is 0.492 e. The highest BCUT2D eigenvalue weighted by Gasteiger charge is 1.97. The zero-order valence-corrected chi connectivity index (χ0v) is 7.14. The second-order valence-corrected chi connectivity index (χ2v) is 2.92. The molecule has 1 nitrogen and oxygen atoms in total. The molecule has 0 saturated carbocycles. The quantitative estimate of drug-likeness (QED) is 0.676. The zero-order chi connectivity index (χ0) is 8.10. The summed E-state index contributed by atoms with van der Waals surface area (Å²) in [4.78, 5) is 0. The summed E-state index contributed by atoms with van der Waals surface area (Å²) in [6.45, 7) is 2.30. The van der Waals surface area contributed by atoms with Crippen molar-refractivity contribution in [1.29, 1.82) is 0 Å². The van der Waals surface area contributed by atoms with Gasteiger partial charge in [-0.3, -0.25) is 0 Å². The fourth-order valence-electron chi connectivity index (χ4n) is 0.699. The molecular weight excluding hydrogens is 160 g/mol. The van der Waals surface area contributed by atoms with Crippen LogP contribution in [0.3, 0.4) is 0 Å². The Morgan fingerprint density at radius 1 is 1.36 bits per heavy atom. The lowest BCUT2D eigenvalue weighted by Gasteiger charge is -2.05. The molecule has 59 valence electrons. The summed E-state index contributed by atoms with van der Waals surface area (Å²) in [7, 11) is 0. The van der Waals surface area contributed by atoms with Gasteiger partial charge in [-0.05, 0) is 19.1 Å². The molecule has 1 aromatic rings. The molecule has 0 saturated heterocycles. The smallest absolute Gasteiger partial charge is 0.119 e. The molecule has 1 rings (SSSR count). The van der Waals surface area contributed by atoms with Crippen molar-refractivity contribution in [3.8, 4) is 5.75 Å². The summed E-state index contributed by atoms with van der Waals surface area (Å²) >= 11 is 5.62. The molecule has 0 unspecified atom stereocenters. The van der Waals surface area contributed by atoms with Gasteiger partial charge in [0.1, 0.15) is 12.4 Å². The minimum absolute atomic E-state index is 0.478. The molecule has 0 heterocycles. The second kappa shape index (κ2) is 4.24. The molecule has 0 aromatic heterocycles. The molecule has 0 bridgehead atoms. The van der Waals surface area contributed by atoms with Crippen molar-refractivity contribution >= 4 is 11.6 Å². The monoisotopic (exact) mass is 169 g/mol. The molecule has 0 aliphatic rings. The van der Waals surface area contributed by atoms with Gasteiger partial charge in [-0.1, -0.05) is 18.2 Å². The van der Waals surface area contributed by atoms with Crippen molar-refractivity contribution in [3.05, 3.63) is 35.7 Å². The molecule has 0 aliphatic carbocycles. The maximum Gasteiger partial charge on any atom is 0.119 e. The van der Waals surface area contributed by atoms with Gasteiger partial charge in [-0.2, -0.15) is 0 Å². The van der Waals surface area contributed by atoms with Gasteiger partial charge in [0.25, 0.3) is 0 Å². The number of benzene rings is 1. The Kier molecular flexibility index (Phi) is 3.24. The van der Waals surface area contributed by atoms with Gasteiger partial charge < -0.3 is 4.74 Å². The molecule has 1 radical (unpaired) electrons. The van der Waals surface area contributed by atoms with Crippen LogP contribution in [-0.2, 0) is 0 Å². The van der Waals surface area contributed by atoms with Crippen LogP contribution in [0.1, 0.15) is 6.92 Å². The molecule has 0 amide bonds. The number of ether oxygens (including phenoxy) is 1. The van der Waals surface area contributed by atoms with E-state index < -0.39 is 0 Å². The average molecular weight is 170 g/mol. The first kappa shape index (κ1) is 8.41. The molecule has 0 aliphatic heterocycles. The second-order valence-electron chi connectivity index (χ2n) is 2.28. The summed E-state index contributed by atoms with van der Waals surface area (Å²) in [6.07, 6.45) is 0. The van der Waals surface area contributed by atoms with E-state index in [0.717, 1.165) is 11.1 Å². The van der Waals surface area contributed by atoms with E-state index in [1.165, 1.54) is 0 Å². The minimum atomic E-state index is 0.478. The Hall–Kier alpha value is -0.690. The molecular formula is C9H10ClO. The average Bonchev–Trinajstić information content (AvgIpc) is 2.03. The van der Waals surface area contributed by atoms with Crippen molar-refractivity contribution in [1.82, 2.24) is 0 Å². The van der Waals surface area contributed by atoms with Crippen LogP contribution in [0.15, 0.2) is 30.3 Å². The highest BCUT2D eigenvalue weighted by Crippen LogP contribution is 2.11. The van der Waals surface area contributed by atoms with Crippen LogP contribution >= 0.6 is 11.6 Å². The Labute approximate surface area is 71.9 Å². The van der Waals surface area contributed by atoms with E-state index in [1.807, 2.05) is 37.3 Å². The van der Waals surface area contributed by atoms with E-state index in [-0.39, 0.29) is 0 Å². The van der Waals surface area contributed by atoms with Crippen LogP contribution in [0.4, 0.5) is 0 Å². The predicted molar refractivity (Wildman–Crippen MR) is 46.7 cm³/mol. The Bertz CT molecular complexity index is 196. The third kappa shape index (κ3) is 3.28. The number of hydrogen-bond donors (Lipinski definition) is 0. The first-order valence-electron chi connectivity index (χ1n) is 3.45. The summed E-state index contributed by atoms with van der Waals surface area (Å²) in [5.41, 5.74) is 0. The van der Waals surface area contributed by atoms with Crippen molar-refractivity contribution in [2.75, 3.05) is 6.61 Å². The van der Waals surface area contributed by atoms with Gasteiger partial charge in [0.15, 0.2) is 0 Å². The van der Waals surface area contributed by atoms with Crippen molar-refractivity contribution < 1.29 is 4.74 Å². The Balaban J connectivity index is 2.39. The molecule has 0 fully saturated rings. The highest BCUT2D eigenvalue weighted by atomic mass is 35.5. The van der Waals surface area contributed by atoms with Crippen LogP contribution in [0, 0.1) is 5.38 Å². The highest BCUT2D eigenvalue weighted by molar-refractivity contribution is 6.26. The summed E-state index contributed by atoms with van der Waals surface area (Å²) < 4.78 is 5.30. The lowest BCUT2D eigenvalue weighted by atomic mass is 10.3. The Morgan fingerprint density at radius 3 is 2.55 bits per heavy atom. The van der Waals surface area contributed by atoms with Gasteiger partial charge in [-0.15, -0.1) is 11.6 Å². The van der Waals surface area contributed by atoms with Gasteiger partial charge in [0.05, 0.1) is 5.38 Å². The van der Waals surface area contributed by atoms with Gasteiger partial charge in [0.2, 0.25) is 0 Å². The fourth-order valence-corrected chi connectivity index (χ4v) is 0.754. The standard InChI is InChI=1S/C9H10ClO/c1-8(10)7-11-9-5-3-2-4-6-9/h2-6H,7H2,1H3. The number of rotatable bonds is 3. The van der Waals surface area contributed by atoms with Gasteiger partial charge in [-0.25, -0.2) is 0 Å². The lowest BCUT2D eigenvalue weighted by Crippen LogP contribution is -2.00. The first-order valence-corrected chi connectivity index (χ1v) is 3.82. The van der Waals surface area contributed by atoms with Crippen LogP contribution in [-0.4, -0.2) is 6.61 Å². The van der Waals surface area contributed by atoms with Crippen LogP contribution < -0.4 is 4.74 Å². The van der Waals surface area contributed by atoms with Crippen LogP contribution in [0.25, 0.3) is 0 Å². The van der Waals surface area contributed by atoms with Crippen LogP contribution in [0.2, 0.25) is 0 Å². The predicted octanol–water partition coefficient (Wildman–Crippen LogP) is 2.86. The molecule has 0 atom stereocenters. The topological polar surface area (TPSA) is 9.23 Å². The summed E-state index contributed by atoms with van der Waals surface area (Å²) in [5.74, 6) is 0.854. The van der Waals surface area contributed by atoms with E-state index in [2.05, 4.69) is 0 Å². The third-order valence-electron chi connectivity index (χ3n) is 1.18. The van der Waals surface area contributed by atoms with E-state index in [0.29, 0.717) is 6.61 Å².